The fraction of sp³-hybridized carbons (Fsp3) is 0.300. The van der Waals surface area contributed by atoms with E-state index in [4.69, 9.17) is 4.74 Å². The summed E-state index contributed by atoms with van der Waals surface area (Å²) >= 11 is 0. The third-order valence-electron chi connectivity index (χ3n) is 4.29. The Labute approximate surface area is 141 Å². The van der Waals surface area contributed by atoms with Crippen molar-refractivity contribution in [3.63, 3.8) is 0 Å². The minimum atomic E-state index is -0.474. The molecule has 1 atom stereocenters. The van der Waals surface area contributed by atoms with Crippen molar-refractivity contribution in [3.8, 4) is 0 Å². The molecule has 0 spiro atoms. The number of esters is 1. The van der Waals surface area contributed by atoms with Crippen LogP contribution in [0.2, 0.25) is 0 Å². The van der Waals surface area contributed by atoms with Gasteiger partial charge >= 0.3 is 5.97 Å². The van der Waals surface area contributed by atoms with E-state index in [1.807, 2.05) is 25.1 Å². The molecule has 24 heavy (non-hydrogen) atoms. The van der Waals surface area contributed by atoms with Gasteiger partial charge in [0.05, 0.1) is 11.6 Å². The van der Waals surface area contributed by atoms with Crippen LogP contribution in [0.5, 0.6) is 0 Å². The number of aryl methyl sites for hydroxylation is 2. The molecule has 124 valence electrons. The first kappa shape index (κ1) is 16.2. The van der Waals surface area contributed by atoms with Crippen LogP contribution in [-0.4, -0.2) is 18.5 Å². The number of carbonyl (C=O) groups is 2. The van der Waals surface area contributed by atoms with Crippen molar-refractivity contribution >= 4 is 11.9 Å². The van der Waals surface area contributed by atoms with Gasteiger partial charge in [-0.1, -0.05) is 42.0 Å². The maximum absolute atomic E-state index is 12.1. The van der Waals surface area contributed by atoms with E-state index in [2.05, 4.69) is 17.4 Å². The highest BCUT2D eigenvalue weighted by Crippen LogP contribution is 2.29. The predicted octanol–water partition coefficient (Wildman–Crippen LogP) is 3.35. The molecule has 4 heteroatoms. The van der Waals surface area contributed by atoms with E-state index in [0.29, 0.717) is 5.56 Å². The van der Waals surface area contributed by atoms with E-state index in [1.165, 1.54) is 11.1 Å². The number of hydrogen-bond donors (Lipinski definition) is 1. The Bertz CT molecular complexity index is 754. The quantitative estimate of drug-likeness (QED) is 0.878. The lowest BCUT2D eigenvalue weighted by molar-refractivity contribution is -0.125. The van der Waals surface area contributed by atoms with Crippen molar-refractivity contribution in [2.24, 2.45) is 0 Å². The maximum Gasteiger partial charge on any atom is 0.338 e. The van der Waals surface area contributed by atoms with E-state index in [-0.39, 0.29) is 18.6 Å². The van der Waals surface area contributed by atoms with Crippen LogP contribution in [0.25, 0.3) is 0 Å². The average molecular weight is 323 g/mol. The van der Waals surface area contributed by atoms with Crippen molar-refractivity contribution in [1.82, 2.24) is 5.32 Å². The first-order valence-electron chi connectivity index (χ1n) is 8.24. The van der Waals surface area contributed by atoms with Gasteiger partial charge in [-0.15, -0.1) is 0 Å². The summed E-state index contributed by atoms with van der Waals surface area (Å²) in [5, 5.41) is 2.98. The molecule has 2 aromatic carbocycles. The standard InChI is InChI=1S/C20H21NO3/c1-14-6-4-9-16(12-14)20(23)24-13-19(22)21-18-11-5-8-15-7-2-3-10-17(15)18/h2-4,6-7,9-10,12,18H,5,8,11,13H2,1H3,(H,21,22)/t18-/m0/s1. The first-order valence-corrected chi connectivity index (χ1v) is 8.24. The van der Waals surface area contributed by atoms with Crippen LogP contribution < -0.4 is 5.32 Å². The number of hydrogen-bond acceptors (Lipinski definition) is 3. The molecule has 0 unspecified atom stereocenters. The number of benzene rings is 2. The highest BCUT2D eigenvalue weighted by Gasteiger charge is 2.21. The highest BCUT2D eigenvalue weighted by molar-refractivity contribution is 5.91. The zero-order chi connectivity index (χ0) is 16.9. The Hall–Kier alpha value is -2.62. The van der Waals surface area contributed by atoms with Crippen LogP contribution in [0.3, 0.4) is 0 Å². The summed E-state index contributed by atoms with van der Waals surface area (Å²) in [5.74, 6) is -0.740. The van der Waals surface area contributed by atoms with E-state index >= 15 is 0 Å². The van der Waals surface area contributed by atoms with E-state index in [1.54, 1.807) is 18.2 Å². The van der Waals surface area contributed by atoms with Crippen molar-refractivity contribution in [1.29, 1.82) is 0 Å². The third kappa shape index (κ3) is 3.82. The Morgan fingerprint density at radius 2 is 2.00 bits per heavy atom. The van der Waals surface area contributed by atoms with Crippen molar-refractivity contribution in [2.75, 3.05) is 6.61 Å². The van der Waals surface area contributed by atoms with E-state index in [0.717, 1.165) is 24.8 Å². The van der Waals surface area contributed by atoms with Gasteiger partial charge in [-0.3, -0.25) is 4.79 Å². The molecule has 1 N–H and O–H groups in total. The summed E-state index contributed by atoms with van der Waals surface area (Å²) in [6.45, 7) is 1.65. The lowest BCUT2D eigenvalue weighted by atomic mass is 9.88. The lowest BCUT2D eigenvalue weighted by Crippen LogP contribution is -2.34. The molecule has 2 aromatic rings. The molecule has 0 bridgehead atoms. The molecular formula is C20H21NO3. The SMILES string of the molecule is Cc1cccc(C(=O)OCC(=O)N[C@H]2CCCc3ccccc32)c1. The highest BCUT2D eigenvalue weighted by atomic mass is 16.5. The van der Waals surface area contributed by atoms with E-state index in [9.17, 15) is 9.59 Å². The monoisotopic (exact) mass is 323 g/mol. The van der Waals surface area contributed by atoms with Crippen LogP contribution in [-0.2, 0) is 16.0 Å². The minimum Gasteiger partial charge on any atom is -0.452 e. The molecule has 1 aliphatic rings. The second kappa shape index (κ2) is 7.30. The van der Waals surface area contributed by atoms with Gasteiger partial charge in [0.1, 0.15) is 0 Å². The van der Waals surface area contributed by atoms with Crippen LogP contribution in [0.4, 0.5) is 0 Å². The largest absolute Gasteiger partial charge is 0.452 e. The van der Waals surface area contributed by atoms with Crippen LogP contribution >= 0.6 is 0 Å². The molecule has 0 heterocycles. The summed E-state index contributed by atoms with van der Waals surface area (Å²) < 4.78 is 5.12. The first-order chi connectivity index (χ1) is 11.6. The second-order valence-corrected chi connectivity index (χ2v) is 6.16. The predicted molar refractivity (Wildman–Crippen MR) is 91.7 cm³/mol. The molecule has 1 amide bonds. The van der Waals surface area contributed by atoms with Crippen molar-refractivity contribution in [3.05, 3.63) is 70.8 Å². The van der Waals surface area contributed by atoms with Gasteiger partial charge in [0.2, 0.25) is 0 Å². The van der Waals surface area contributed by atoms with Crippen LogP contribution in [0.15, 0.2) is 48.5 Å². The normalized spacial score (nSPS) is 16.1. The van der Waals surface area contributed by atoms with Gasteiger partial charge in [-0.05, 0) is 49.4 Å². The maximum atomic E-state index is 12.1. The van der Waals surface area contributed by atoms with Crippen LogP contribution in [0, 0.1) is 6.92 Å². The van der Waals surface area contributed by atoms with Gasteiger partial charge in [0.25, 0.3) is 5.91 Å². The molecule has 0 saturated heterocycles. The summed E-state index contributed by atoms with van der Waals surface area (Å²) in [7, 11) is 0. The number of rotatable bonds is 4. The van der Waals surface area contributed by atoms with Gasteiger partial charge in [-0.2, -0.15) is 0 Å². The Balaban J connectivity index is 1.56. The smallest absolute Gasteiger partial charge is 0.338 e. The summed E-state index contributed by atoms with van der Waals surface area (Å²) in [4.78, 5) is 24.1. The fourth-order valence-electron chi connectivity index (χ4n) is 3.13. The molecule has 0 saturated carbocycles. The Morgan fingerprint density at radius 1 is 1.17 bits per heavy atom. The number of carbonyl (C=O) groups excluding carboxylic acids is 2. The van der Waals surface area contributed by atoms with Gasteiger partial charge in [0.15, 0.2) is 6.61 Å². The number of nitrogens with one attached hydrogen (secondary N) is 1. The molecule has 0 aromatic heterocycles. The molecule has 4 nitrogen and oxygen atoms in total. The zero-order valence-electron chi connectivity index (χ0n) is 13.7. The Kier molecular flexibility index (Phi) is 4.94. The third-order valence-corrected chi connectivity index (χ3v) is 4.29. The molecule has 0 radical (unpaired) electrons. The Morgan fingerprint density at radius 3 is 2.83 bits per heavy atom. The molecule has 0 fully saturated rings. The van der Waals surface area contributed by atoms with Gasteiger partial charge < -0.3 is 10.1 Å². The summed E-state index contributed by atoms with van der Waals surface area (Å²) in [5.41, 5.74) is 3.89. The lowest BCUT2D eigenvalue weighted by Gasteiger charge is -2.26. The average Bonchev–Trinajstić information content (AvgIpc) is 2.60. The molecular weight excluding hydrogens is 302 g/mol. The minimum absolute atomic E-state index is 0.000113. The van der Waals surface area contributed by atoms with Crippen molar-refractivity contribution < 1.29 is 14.3 Å². The number of fused-ring (bicyclic) bond motifs is 1. The summed E-state index contributed by atoms with van der Waals surface area (Å²) in [6.07, 6.45) is 3.00. The second-order valence-electron chi connectivity index (χ2n) is 6.16. The molecule has 3 rings (SSSR count). The molecule has 0 aliphatic heterocycles. The van der Waals surface area contributed by atoms with Crippen LogP contribution in [0.1, 0.15) is 45.9 Å². The van der Waals surface area contributed by atoms with Gasteiger partial charge in [-0.25, -0.2) is 4.79 Å². The van der Waals surface area contributed by atoms with Crippen molar-refractivity contribution in [2.45, 2.75) is 32.2 Å². The fourth-order valence-corrected chi connectivity index (χ4v) is 3.13. The topological polar surface area (TPSA) is 55.4 Å². The number of amides is 1. The summed E-state index contributed by atoms with van der Waals surface area (Å²) in [6, 6.07) is 15.3. The van der Waals surface area contributed by atoms with E-state index < -0.39 is 5.97 Å². The molecule has 1 aliphatic carbocycles. The number of ether oxygens (including phenoxy) is 1. The van der Waals surface area contributed by atoms with Gasteiger partial charge in [0, 0.05) is 0 Å². The zero-order valence-corrected chi connectivity index (χ0v) is 13.7.